The summed E-state index contributed by atoms with van der Waals surface area (Å²) in [5.41, 5.74) is 0.935. The second-order valence-corrected chi connectivity index (χ2v) is 3.31. The van der Waals surface area contributed by atoms with Crippen molar-refractivity contribution in [2.45, 2.75) is 25.4 Å². The lowest BCUT2D eigenvalue weighted by Crippen LogP contribution is -2.13. The highest BCUT2D eigenvalue weighted by atomic mass is 16.3. The van der Waals surface area contributed by atoms with Crippen LogP contribution >= 0.6 is 0 Å². The van der Waals surface area contributed by atoms with E-state index in [2.05, 4.69) is 9.97 Å². The van der Waals surface area contributed by atoms with Crippen LogP contribution in [-0.4, -0.2) is 21.2 Å². The lowest BCUT2D eigenvalue weighted by atomic mass is 10.1. The first-order valence-corrected chi connectivity index (χ1v) is 4.29. The normalized spacial score (nSPS) is 19.1. The maximum absolute atomic E-state index is 9.58. The van der Waals surface area contributed by atoms with Gasteiger partial charge in [-0.25, -0.2) is 9.97 Å². The molecule has 1 saturated carbocycles. The molecule has 12 heavy (non-hydrogen) atoms. The molecule has 2 rings (SSSR count). The Morgan fingerprint density at radius 3 is 3.00 bits per heavy atom. The molecule has 3 heteroatoms. The molecule has 1 atom stereocenters. The van der Waals surface area contributed by atoms with Crippen molar-refractivity contribution in [1.82, 2.24) is 9.97 Å². The molecule has 1 unspecified atom stereocenters. The van der Waals surface area contributed by atoms with Crippen molar-refractivity contribution in [3.63, 3.8) is 0 Å². The van der Waals surface area contributed by atoms with Gasteiger partial charge < -0.3 is 5.11 Å². The summed E-state index contributed by atoms with van der Waals surface area (Å²) in [4.78, 5) is 7.88. The fourth-order valence-electron chi connectivity index (χ4n) is 1.30. The highest BCUT2D eigenvalue weighted by molar-refractivity contribution is 5.01. The molecule has 0 spiro atoms. The topological polar surface area (TPSA) is 46.0 Å². The van der Waals surface area contributed by atoms with Crippen molar-refractivity contribution in [3.8, 4) is 0 Å². The highest BCUT2D eigenvalue weighted by Gasteiger charge is 2.29. The third kappa shape index (κ3) is 1.80. The minimum absolute atomic E-state index is 0.195. The summed E-state index contributed by atoms with van der Waals surface area (Å²) in [5.74, 6) is 0.528. The van der Waals surface area contributed by atoms with Crippen LogP contribution in [0.3, 0.4) is 0 Å². The lowest BCUT2D eigenvalue weighted by molar-refractivity contribution is 0.150. The van der Waals surface area contributed by atoms with Gasteiger partial charge in [0.2, 0.25) is 0 Å². The Morgan fingerprint density at radius 1 is 1.58 bits per heavy atom. The van der Waals surface area contributed by atoms with E-state index in [1.54, 1.807) is 6.20 Å². The number of hydrogen-bond acceptors (Lipinski definition) is 3. The maximum Gasteiger partial charge on any atom is 0.115 e. The smallest absolute Gasteiger partial charge is 0.115 e. The zero-order valence-electron chi connectivity index (χ0n) is 6.85. The van der Waals surface area contributed by atoms with Gasteiger partial charge in [-0.3, -0.25) is 0 Å². The van der Waals surface area contributed by atoms with E-state index < -0.39 is 0 Å². The molecule has 0 aliphatic heterocycles. The van der Waals surface area contributed by atoms with Gasteiger partial charge in [-0.1, -0.05) is 0 Å². The molecule has 1 aliphatic rings. The first kappa shape index (κ1) is 7.68. The molecule has 0 amide bonds. The molecule has 3 nitrogen and oxygen atoms in total. The predicted octanol–water partition coefficient (Wildman–Crippen LogP) is 0.790. The zero-order valence-corrected chi connectivity index (χ0v) is 6.85. The van der Waals surface area contributed by atoms with Gasteiger partial charge in [-0.2, -0.15) is 0 Å². The fraction of sp³-hybridized carbons (Fsp3) is 0.556. The molecule has 1 heterocycles. The molecule has 1 fully saturated rings. The van der Waals surface area contributed by atoms with Crippen molar-refractivity contribution in [2.75, 3.05) is 0 Å². The van der Waals surface area contributed by atoms with E-state index in [1.165, 1.54) is 19.2 Å². The molecule has 0 saturated heterocycles. The molecule has 0 aromatic carbocycles. The molecule has 0 radical (unpaired) electrons. The van der Waals surface area contributed by atoms with Crippen molar-refractivity contribution < 1.29 is 5.11 Å². The Morgan fingerprint density at radius 2 is 2.42 bits per heavy atom. The van der Waals surface area contributed by atoms with Crippen LogP contribution in [0.5, 0.6) is 0 Å². The maximum atomic E-state index is 9.58. The second-order valence-electron chi connectivity index (χ2n) is 3.31. The van der Waals surface area contributed by atoms with Crippen LogP contribution in [0.1, 0.15) is 18.5 Å². The molecular weight excluding hydrogens is 152 g/mol. The molecule has 1 aromatic rings. The summed E-state index contributed by atoms with van der Waals surface area (Å²) in [6.45, 7) is 0. The third-order valence-corrected chi connectivity index (χ3v) is 2.23. The quantitative estimate of drug-likeness (QED) is 0.718. The Labute approximate surface area is 71.5 Å². The molecule has 64 valence electrons. The summed E-state index contributed by atoms with van der Waals surface area (Å²) >= 11 is 0. The summed E-state index contributed by atoms with van der Waals surface area (Å²) in [6.07, 6.45) is 6.06. The monoisotopic (exact) mass is 164 g/mol. The Bertz CT molecular complexity index is 246. The van der Waals surface area contributed by atoms with E-state index in [0.29, 0.717) is 12.3 Å². The van der Waals surface area contributed by atoms with Crippen LogP contribution in [-0.2, 0) is 6.42 Å². The number of aromatic nitrogens is 2. The zero-order chi connectivity index (χ0) is 8.39. The molecule has 1 N–H and O–H groups in total. The summed E-state index contributed by atoms with van der Waals surface area (Å²) in [6, 6.07) is 1.85. The average molecular weight is 164 g/mol. The summed E-state index contributed by atoms with van der Waals surface area (Å²) in [7, 11) is 0. The van der Waals surface area contributed by atoms with E-state index in [-0.39, 0.29) is 6.10 Å². The number of aliphatic hydroxyl groups is 1. The van der Waals surface area contributed by atoms with Crippen molar-refractivity contribution in [3.05, 3.63) is 24.3 Å². The van der Waals surface area contributed by atoms with E-state index in [4.69, 9.17) is 0 Å². The van der Waals surface area contributed by atoms with Crippen LogP contribution in [0, 0.1) is 5.92 Å². The van der Waals surface area contributed by atoms with Crippen LogP contribution in [0.25, 0.3) is 0 Å². The van der Waals surface area contributed by atoms with Gasteiger partial charge in [0.25, 0.3) is 0 Å². The third-order valence-electron chi connectivity index (χ3n) is 2.23. The van der Waals surface area contributed by atoms with E-state index >= 15 is 0 Å². The van der Waals surface area contributed by atoms with Crippen LogP contribution < -0.4 is 0 Å². The van der Waals surface area contributed by atoms with Crippen molar-refractivity contribution in [2.24, 2.45) is 5.92 Å². The lowest BCUT2D eigenvalue weighted by Gasteiger charge is -2.06. The van der Waals surface area contributed by atoms with Gasteiger partial charge >= 0.3 is 0 Å². The van der Waals surface area contributed by atoms with Gasteiger partial charge in [0.1, 0.15) is 6.33 Å². The van der Waals surface area contributed by atoms with Gasteiger partial charge in [-0.15, -0.1) is 0 Å². The SMILES string of the molecule is OC(Cc1ccncn1)C1CC1. The Kier molecular flexibility index (Phi) is 2.04. The first-order valence-electron chi connectivity index (χ1n) is 4.29. The summed E-state index contributed by atoms with van der Waals surface area (Å²) < 4.78 is 0. The molecule has 0 bridgehead atoms. The van der Waals surface area contributed by atoms with Gasteiger partial charge in [-0.05, 0) is 24.8 Å². The predicted molar refractivity (Wildman–Crippen MR) is 44.5 cm³/mol. The van der Waals surface area contributed by atoms with Crippen LogP contribution in [0.2, 0.25) is 0 Å². The fourth-order valence-corrected chi connectivity index (χ4v) is 1.30. The minimum Gasteiger partial charge on any atom is -0.392 e. The average Bonchev–Trinajstić information content (AvgIpc) is 2.88. The van der Waals surface area contributed by atoms with Crippen molar-refractivity contribution in [1.29, 1.82) is 0 Å². The number of hydrogen-bond donors (Lipinski definition) is 1. The Hall–Kier alpha value is -0.960. The van der Waals surface area contributed by atoms with Gasteiger partial charge in [0.05, 0.1) is 6.10 Å². The van der Waals surface area contributed by atoms with E-state index in [1.807, 2.05) is 6.07 Å². The van der Waals surface area contributed by atoms with Crippen LogP contribution in [0.15, 0.2) is 18.6 Å². The molecule has 1 aliphatic carbocycles. The van der Waals surface area contributed by atoms with E-state index in [0.717, 1.165) is 5.69 Å². The van der Waals surface area contributed by atoms with Crippen molar-refractivity contribution >= 4 is 0 Å². The molecular formula is C9H12N2O. The summed E-state index contributed by atoms with van der Waals surface area (Å²) in [5, 5.41) is 9.58. The standard InChI is InChI=1S/C9H12N2O/c12-9(7-1-2-7)5-8-3-4-10-6-11-8/h3-4,6-7,9,12H,1-2,5H2. The van der Waals surface area contributed by atoms with Gasteiger partial charge in [0.15, 0.2) is 0 Å². The minimum atomic E-state index is -0.195. The number of rotatable bonds is 3. The number of nitrogens with zero attached hydrogens (tertiary/aromatic N) is 2. The number of aliphatic hydroxyl groups excluding tert-OH is 1. The van der Waals surface area contributed by atoms with Crippen LogP contribution in [0.4, 0.5) is 0 Å². The van der Waals surface area contributed by atoms with E-state index in [9.17, 15) is 5.11 Å². The molecule has 1 aromatic heterocycles. The second kappa shape index (κ2) is 3.19. The Balaban J connectivity index is 1.94. The first-order chi connectivity index (χ1) is 5.86. The largest absolute Gasteiger partial charge is 0.392 e. The van der Waals surface area contributed by atoms with Gasteiger partial charge in [0, 0.05) is 18.3 Å². The highest BCUT2D eigenvalue weighted by Crippen LogP contribution is 2.33.